The van der Waals surface area contributed by atoms with Gasteiger partial charge >= 0.3 is 6.09 Å². The van der Waals surface area contributed by atoms with Gasteiger partial charge in [-0.2, -0.15) is 0 Å². The zero-order valence-electron chi connectivity index (χ0n) is 15.9. The Kier molecular flexibility index (Phi) is 6.97. The molecule has 2 amide bonds. The van der Waals surface area contributed by atoms with Crippen LogP contribution in [0.4, 0.5) is 4.79 Å². The molecule has 0 unspecified atom stereocenters. The molecule has 8 heteroatoms. The Morgan fingerprint density at radius 3 is 2.50 bits per heavy atom. The molecule has 1 aromatic heterocycles. The predicted molar refractivity (Wildman–Crippen MR) is 104 cm³/mol. The normalized spacial score (nSPS) is 11.1. The number of H-pyrrole nitrogens is 1. The van der Waals surface area contributed by atoms with Crippen LogP contribution < -0.4 is 21.0 Å². The molecule has 2 rings (SSSR count). The molecule has 28 heavy (non-hydrogen) atoms. The molecule has 0 bridgehead atoms. The van der Waals surface area contributed by atoms with Crippen molar-refractivity contribution in [3.63, 3.8) is 0 Å². The van der Waals surface area contributed by atoms with Crippen LogP contribution in [0.15, 0.2) is 53.5 Å². The van der Waals surface area contributed by atoms with Crippen LogP contribution in [0, 0.1) is 0 Å². The maximum absolute atomic E-state index is 12.1. The van der Waals surface area contributed by atoms with Crippen molar-refractivity contribution >= 4 is 18.1 Å². The SMILES string of the molecule is CC(C)(C)OC(=O)NNC(=O)C=Cc1cc(=O)c(OCc2ccccc2)c[nH]1. The van der Waals surface area contributed by atoms with Crippen LogP contribution in [0.2, 0.25) is 0 Å². The largest absolute Gasteiger partial charge is 0.483 e. The summed E-state index contributed by atoms with van der Waals surface area (Å²) in [5.74, 6) is -0.409. The van der Waals surface area contributed by atoms with Crippen LogP contribution in [0.5, 0.6) is 5.75 Å². The number of aromatic nitrogens is 1. The third-order valence-corrected chi connectivity index (χ3v) is 3.24. The molecule has 0 radical (unpaired) electrons. The van der Waals surface area contributed by atoms with E-state index in [-0.39, 0.29) is 17.8 Å². The Labute approximate surface area is 162 Å². The summed E-state index contributed by atoms with van der Waals surface area (Å²) < 4.78 is 10.5. The summed E-state index contributed by atoms with van der Waals surface area (Å²) in [4.78, 5) is 38.1. The molecule has 0 saturated carbocycles. The molecule has 2 aromatic rings. The molecule has 3 N–H and O–H groups in total. The van der Waals surface area contributed by atoms with E-state index in [1.54, 1.807) is 20.8 Å². The van der Waals surface area contributed by atoms with Crippen molar-refractivity contribution in [3.05, 3.63) is 70.2 Å². The molecule has 0 aliphatic carbocycles. The molecule has 0 aliphatic heterocycles. The molecule has 0 fully saturated rings. The highest BCUT2D eigenvalue weighted by Gasteiger charge is 2.16. The Morgan fingerprint density at radius 2 is 1.86 bits per heavy atom. The number of carbonyl (C=O) groups excluding carboxylic acids is 2. The van der Waals surface area contributed by atoms with E-state index in [9.17, 15) is 14.4 Å². The van der Waals surface area contributed by atoms with Crippen molar-refractivity contribution in [2.75, 3.05) is 0 Å². The number of hydrazine groups is 1. The summed E-state index contributed by atoms with van der Waals surface area (Å²) in [5, 5.41) is 0. The first kappa shape index (κ1) is 20.8. The van der Waals surface area contributed by atoms with Crippen LogP contribution in [-0.2, 0) is 16.1 Å². The number of hydrogen-bond acceptors (Lipinski definition) is 5. The van der Waals surface area contributed by atoms with Crippen LogP contribution in [0.1, 0.15) is 32.0 Å². The minimum absolute atomic E-state index is 0.178. The van der Waals surface area contributed by atoms with E-state index in [2.05, 4.69) is 15.8 Å². The lowest BCUT2D eigenvalue weighted by Crippen LogP contribution is -2.43. The molecule has 0 spiro atoms. The van der Waals surface area contributed by atoms with Crippen molar-refractivity contribution in [1.29, 1.82) is 0 Å². The van der Waals surface area contributed by atoms with E-state index in [0.717, 1.165) is 11.6 Å². The average molecular weight is 385 g/mol. The van der Waals surface area contributed by atoms with Gasteiger partial charge in [0.1, 0.15) is 12.2 Å². The molecule has 0 aliphatic rings. The Morgan fingerprint density at radius 1 is 1.14 bits per heavy atom. The summed E-state index contributed by atoms with van der Waals surface area (Å²) in [6.07, 6.45) is 3.21. The van der Waals surface area contributed by atoms with Crippen LogP contribution >= 0.6 is 0 Å². The van der Waals surface area contributed by atoms with Crippen molar-refractivity contribution in [1.82, 2.24) is 15.8 Å². The first-order valence-electron chi connectivity index (χ1n) is 8.59. The van der Waals surface area contributed by atoms with E-state index in [0.29, 0.717) is 5.69 Å². The first-order valence-corrected chi connectivity index (χ1v) is 8.59. The van der Waals surface area contributed by atoms with Gasteiger partial charge in [0.05, 0.1) is 0 Å². The maximum atomic E-state index is 12.1. The number of carbonyl (C=O) groups is 2. The molecule has 148 valence electrons. The molecule has 1 heterocycles. The fraction of sp³-hybridized carbons (Fsp3) is 0.250. The number of amides is 2. The zero-order chi connectivity index (χ0) is 20.6. The zero-order valence-corrected chi connectivity index (χ0v) is 15.9. The summed E-state index contributed by atoms with van der Waals surface area (Å²) in [7, 11) is 0. The van der Waals surface area contributed by atoms with Crippen molar-refractivity contribution in [2.45, 2.75) is 33.0 Å². The molecule has 0 saturated heterocycles. The minimum Gasteiger partial charge on any atom is -0.483 e. The first-order chi connectivity index (χ1) is 13.2. The number of benzene rings is 1. The van der Waals surface area contributed by atoms with E-state index in [1.807, 2.05) is 30.3 Å². The number of hydrogen-bond donors (Lipinski definition) is 3. The topological polar surface area (TPSA) is 110 Å². The van der Waals surface area contributed by atoms with Crippen LogP contribution in [0.25, 0.3) is 6.08 Å². The van der Waals surface area contributed by atoms with Gasteiger partial charge in [-0.25, -0.2) is 10.2 Å². The fourth-order valence-corrected chi connectivity index (χ4v) is 2.04. The van der Waals surface area contributed by atoms with Gasteiger partial charge in [-0.05, 0) is 32.4 Å². The second kappa shape index (κ2) is 9.40. The molecule has 0 atom stereocenters. The van der Waals surface area contributed by atoms with Crippen molar-refractivity contribution < 1.29 is 19.1 Å². The molecular formula is C20H23N3O5. The Bertz CT molecular complexity index is 898. The lowest BCUT2D eigenvalue weighted by Gasteiger charge is -2.19. The van der Waals surface area contributed by atoms with Crippen molar-refractivity contribution in [3.8, 4) is 5.75 Å². The summed E-state index contributed by atoms with van der Waals surface area (Å²) in [6.45, 7) is 5.39. The van der Waals surface area contributed by atoms with Gasteiger partial charge in [-0.3, -0.25) is 15.0 Å². The number of pyridine rings is 1. The Hall–Kier alpha value is -3.55. The lowest BCUT2D eigenvalue weighted by molar-refractivity contribution is -0.117. The van der Waals surface area contributed by atoms with Gasteiger partial charge < -0.3 is 14.5 Å². The highest BCUT2D eigenvalue weighted by molar-refractivity contribution is 5.92. The maximum Gasteiger partial charge on any atom is 0.426 e. The number of nitrogens with one attached hydrogen (secondary N) is 3. The Balaban J connectivity index is 1.86. The van der Waals surface area contributed by atoms with Crippen LogP contribution in [-0.4, -0.2) is 22.6 Å². The van der Waals surface area contributed by atoms with E-state index in [1.165, 1.54) is 18.3 Å². The third kappa shape index (κ3) is 7.36. The number of rotatable bonds is 5. The van der Waals surface area contributed by atoms with Crippen LogP contribution in [0.3, 0.4) is 0 Å². The fourth-order valence-electron chi connectivity index (χ4n) is 2.04. The molecule has 1 aromatic carbocycles. The van der Waals surface area contributed by atoms with E-state index < -0.39 is 17.6 Å². The average Bonchev–Trinajstić information content (AvgIpc) is 2.63. The summed E-state index contributed by atoms with van der Waals surface area (Å²) in [5.41, 5.74) is 4.66. The van der Waals surface area contributed by atoms with Crippen molar-refractivity contribution in [2.24, 2.45) is 0 Å². The lowest BCUT2D eigenvalue weighted by atomic mass is 10.2. The van der Waals surface area contributed by atoms with E-state index >= 15 is 0 Å². The minimum atomic E-state index is -0.775. The monoisotopic (exact) mass is 385 g/mol. The van der Waals surface area contributed by atoms with Gasteiger partial charge in [0.15, 0.2) is 5.75 Å². The molecule has 8 nitrogen and oxygen atoms in total. The standard InChI is InChI=1S/C20H23N3O5/c1-20(2,3)28-19(26)23-22-18(25)10-9-15-11-16(24)17(12-21-15)27-13-14-7-5-4-6-8-14/h4-12H,13H2,1-3H3,(H,21,24)(H,22,25)(H,23,26). The van der Waals surface area contributed by atoms with Gasteiger partial charge in [0, 0.05) is 24.0 Å². The predicted octanol–water partition coefficient (Wildman–Crippen LogP) is 2.52. The van der Waals surface area contributed by atoms with Gasteiger partial charge in [0.2, 0.25) is 5.43 Å². The number of aromatic amines is 1. The highest BCUT2D eigenvalue weighted by atomic mass is 16.6. The smallest absolute Gasteiger partial charge is 0.426 e. The second-order valence-corrected chi connectivity index (χ2v) is 6.84. The highest BCUT2D eigenvalue weighted by Crippen LogP contribution is 2.08. The van der Waals surface area contributed by atoms with E-state index in [4.69, 9.17) is 9.47 Å². The van der Waals surface area contributed by atoms with Gasteiger partial charge in [-0.15, -0.1) is 0 Å². The van der Waals surface area contributed by atoms with Gasteiger partial charge in [-0.1, -0.05) is 30.3 Å². The molecular weight excluding hydrogens is 362 g/mol. The summed E-state index contributed by atoms with van der Waals surface area (Å²) in [6, 6.07) is 10.8. The third-order valence-electron chi connectivity index (χ3n) is 3.24. The quantitative estimate of drug-likeness (QED) is 0.541. The van der Waals surface area contributed by atoms with Gasteiger partial charge in [0.25, 0.3) is 5.91 Å². The summed E-state index contributed by atoms with van der Waals surface area (Å²) >= 11 is 0. The number of ether oxygens (including phenoxy) is 2. The second-order valence-electron chi connectivity index (χ2n) is 6.84.